The number of carboxylic acid groups (broad SMARTS) is 1. The van der Waals surface area contributed by atoms with E-state index in [0.29, 0.717) is 0 Å². The predicted octanol–water partition coefficient (Wildman–Crippen LogP) is -1.60. The van der Waals surface area contributed by atoms with Crippen LogP contribution in [0.25, 0.3) is 0 Å². The molecule has 5 N–H and O–H groups in total. The molecule has 0 saturated carbocycles. The Bertz CT molecular complexity index is 313. The molecular weight excluding hydrogens is 216 g/mol. The van der Waals surface area contributed by atoms with Gasteiger partial charge < -0.3 is 16.6 Å². The van der Waals surface area contributed by atoms with E-state index in [-0.39, 0.29) is 19.0 Å². The van der Waals surface area contributed by atoms with Crippen LogP contribution in [0, 0.1) is 0 Å². The van der Waals surface area contributed by atoms with Crippen molar-refractivity contribution in [1.29, 1.82) is 0 Å². The number of amides is 3. The van der Waals surface area contributed by atoms with Gasteiger partial charge in [-0.05, 0) is 6.92 Å². The predicted molar refractivity (Wildman–Crippen MR) is 55.9 cm³/mol. The highest BCUT2D eigenvalue weighted by molar-refractivity contribution is 6.04. The molecule has 0 aromatic rings. The van der Waals surface area contributed by atoms with Crippen LogP contribution < -0.4 is 11.5 Å². The van der Waals surface area contributed by atoms with E-state index in [2.05, 4.69) is 10.7 Å². The fraction of sp³-hybridized carbons (Fsp3) is 0.500. The highest BCUT2D eigenvalue weighted by atomic mass is 16.4. The Morgan fingerprint density at radius 2 is 2.19 bits per heavy atom. The molecule has 0 aromatic carbocycles. The van der Waals surface area contributed by atoms with Gasteiger partial charge in [0, 0.05) is 6.21 Å². The fourth-order valence-corrected chi connectivity index (χ4v) is 0.778. The first kappa shape index (κ1) is 14.2. The zero-order valence-electron chi connectivity index (χ0n) is 8.79. The first-order valence-electron chi connectivity index (χ1n) is 4.45. The maximum atomic E-state index is 11.1. The Morgan fingerprint density at radius 1 is 1.69 bits per heavy atom. The van der Waals surface area contributed by atoms with Crippen molar-refractivity contribution in [2.75, 3.05) is 13.1 Å². The number of hydrogen-bond acceptors (Lipinski definition) is 5. The molecule has 0 aliphatic carbocycles. The second-order valence-corrected chi connectivity index (χ2v) is 2.93. The van der Waals surface area contributed by atoms with Gasteiger partial charge in [0.15, 0.2) is 0 Å². The van der Waals surface area contributed by atoms with Crippen LogP contribution in [-0.2, 0) is 9.59 Å². The van der Waals surface area contributed by atoms with Gasteiger partial charge in [0.05, 0.1) is 19.1 Å². The number of nitrogens with zero attached hydrogens (tertiary/aromatic N) is 2. The van der Waals surface area contributed by atoms with E-state index in [1.165, 1.54) is 13.1 Å². The smallest absolute Gasteiger partial charge is 0.350 e. The lowest BCUT2D eigenvalue weighted by molar-refractivity contribution is -0.135. The summed E-state index contributed by atoms with van der Waals surface area (Å²) in [7, 11) is 0. The Hall–Kier alpha value is -1.80. The molecule has 8 nitrogen and oxygen atoms in total. The summed E-state index contributed by atoms with van der Waals surface area (Å²) in [6.45, 7) is 1.51. The lowest BCUT2D eigenvalue weighted by atomic mass is 10.3. The summed E-state index contributed by atoms with van der Waals surface area (Å²) in [5.41, 5.74) is 9.85. The number of carboxylic acids is 1. The zero-order valence-corrected chi connectivity index (χ0v) is 8.79. The van der Waals surface area contributed by atoms with Gasteiger partial charge in [-0.25, -0.2) is 9.79 Å². The molecule has 1 aliphatic heterocycles. The minimum Gasteiger partial charge on any atom is -0.480 e. The molecule has 0 bridgehead atoms. The van der Waals surface area contributed by atoms with Crippen LogP contribution in [0.5, 0.6) is 0 Å². The number of rotatable bonds is 2. The van der Waals surface area contributed by atoms with Crippen LogP contribution in [0.3, 0.4) is 0 Å². The van der Waals surface area contributed by atoms with Crippen LogP contribution in [0.4, 0.5) is 4.79 Å². The first-order chi connectivity index (χ1) is 7.40. The third-order valence-corrected chi connectivity index (χ3v) is 1.53. The number of carbonyl (C=O) groups excluding carboxylic acids is 2. The number of carbonyl (C=O) groups is 3. The molecule has 90 valence electrons. The molecule has 0 unspecified atom stereocenters. The van der Waals surface area contributed by atoms with E-state index in [9.17, 15) is 14.4 Å². The molecule has 1 atom stereocenters. The number of urea groups is 1. The van der Waals surface area contributed by atoms with E-state index in [1.54, 1.807) is 0 Å². The van der Waals surface area contributed by atoms with Crippen LogP contribution >= 0.6 is 0 Å². The maximum absolute atomic E-state index is 11.1. The summed E-state index contributed by atoms with van der Waals surface area (Å²) < 4.78 is 0. The SMILES string of the molecule is C[C@H](N)C(=O)N1CC=NC1=O.NCC(=O)O. The second kappa shape index (κ2) is 6.64. The lowest BCUT2D eigenvalue weighted by Crippen LogP contribution is -2.42. The van der Waals surface area contributed by atoms with E-state index in [1.807, 2.05) is 0 Å². The number of nitrogens with two attached hydrogens (primary N) is 2. The molecule has 0 aromatic heterocycles. The van der Waals surface area contributed by atoms with Gasteiger partial charge >= 0.3 is 12.0 Å². The van der Waals surface area contributed by atoms with Gasteiger partial charge in [-0.2, -0.15) is 0 Å². The molecule has 1 heterocycles. The first-order valence-corrected chi connectivity index (χ1v) is 4.45. The van der Waals surface area contributed by atoms with Crippen molar-refractivity contribution in [3.8, 4) is 0 Å². The molecule has 0 saturated heterocycles. The Balaban J connectivity index is 0.000000385. The summed E-state index contributed by atoms with van der Waals surface area (Å²) in [5.74, 6) is -1.35. The summed E-state index contributed by atoms with van der Waals surface area (Å²) in [6, 6.07) is -1.16. The van der Waals surface area contributed by atoms with Crippen LogP contribution in [-0.4, -0.2) is 53.3 Å². The molecule has 1 aliphatic rings. The highest BCUT2D eigenvalue weighted by Gasteiger charge is 2.25. The van der Waals surface area contributed by atoms with E-state index in [0.717, 1.165) is 4.90 Å². The van der Waals surface area contributed by atoms with E-state index in [4.69, 9.17) is 10.8 Å². The maximum Gasteiger partial charge on any atom is 0.350 e. The minimum absolute atomic E-state index is 0.249. The fourth-order valence-electron chi connectivity index (χ4n) is 0.778. The van der Waals surface area contributed by atoms with Gasteiger partial charge in [0.1, 0.15) is 0 Å². The highest BCUT2D eigenvalue weighted by Crippen LogP contribution is 2.00. The van der Waals surface area contributed by atoms with Crippen molar-refractivity contribution < 1.29 is 19.5 Å². The average molecular weight is 230 g/mol. The van der Waals surface area contributed by atoms with Gasteiger partial charge in [-0.1, -0.05) is 0 Å². The summed E-state index contributed by atoms with van der Waals surface area (Å²) in [4.78, 5) is 35.5. The normalized spacial score (nSPS) is 15.4. The lowest BCUT2D eigenvalue weighted by Gasteiger charge is -2.13. The van der Waals surface area contributed by atoms with Crippen molar-refractivity contribution in [2.45, 2.75) is 13.0 Å². The van der Waals surface area contributed by atoms with Gasteiger partial charge in [0.2, 0.25) is 5.91 Å². The van der Waals surface area contributed by atoms with Crippen LogP contribution in [0.15, 0.2) is 4.99 Å². The molecule has 8 heteroatoms. The van der Waals surface area contributed by atoms with Crippen molar-refractivity contribution in [3.05, 3.63) is 0 Å². The van der Waals surface area contributed by atoms with Crippen molar-refractivity contribution in [1.82, 2.24) is 4.90 Å². The van der Waals surface area contributed by atoms with Crippen molar-refractivity contribution in [3.63, 3.8) is 0 Å². The molecule has 1 rings (SSSR count). The Kier molecular flexibility index (Phi) is 5.89. The van der Waals surface area contributed by atoms with E-state index >= 15 is 0 Å². The Morgan fingerprint density at radius 3 is 2.44 bits per heavy atom. The number of aliphatic carboxylic acids is 1. The number of imide groups is 1. The number of hydrogen-bond donors (Lipinski definition) is 3. The third-order valence-electron chi connectivity index (χ3n) is 1.53. The van der Waals surface area contributed by atoms with Gasteiger partial charge in [-0.15, -0.1) is 0 Å². The van der Waals surface area contributed by atoms with Gasteiger partial charge in [0.25, 0.3) is 0 Å². The van der Waals surface area contributed by atoms with Crippen LogP contribution in [0.1, 0.15) is 6.92 Å². The van der Waals surface area contributed by atoms with Crippen molar-refractivity contribution >= 4 is 24.1 Å². The van der Waals surface area contributed by atoms with Crippen molar-refractivity contribution in [2.24, 2.45) is 16.5 Å². The van der Waals surface area contributed by atoms with Crippen LogP contribution in [0.2, 0.25) is 0 Å². The standard InChI is InChI=1S/C6H9N3O2.C2H5NO2/c1-4(7)5(10)9-3-2-8-6(9)11;3-1-2(4)5/h2,4H,3,7H2,1H3;1,3H2,(H,4,5)/t4-;/m0./s1. The minimum atomic E-state index is -0.968. The molecule has 0 fully saturated rings. The monoisotopic (exact) mass is 230 g/mol. The zero-order chi connectivity index (χ0) is 12.7. The second-order valence-electron chi connectivity index (χ2n) is 2.93. The average Bonchev–Trinajstić information content (AvgIpc) is 2.64. The molecule has 0 radical (unpaired) electrons. The molecule has 16 heavy (non-hydrogen) atoms. The molecule has 3 amide bonds. The molecular formula is C8H14N4O4. The number of aliphatic imine (C=N–C) groups is 1. The Labute approximate surface area is 91.9 Å². The third kappa shape index (κ3) is 4.62. The molecule has 0 spiro atoms. The summed E-state index contributed by atoms with van der Waals surface area (Å²) in [5, 5.41) is 7.60. The quantitative estimate of drug-likeness (QED) is 0.521. The topological polar surface area (TPSA) is 139 Å². The van der Waals surface area contributed by atoms with Gasteiger partial charge in [-0.3, -0.25) is 14.5 Å². The summed E-state index contributed by atoms with van der Waals surface area (Å²) >= 11 is 0. The largest absolute Gasteiger partial charge is 0.480 e. The summed E-state index contributed by atoms with van der Waals surface area (Å²) in [6.07, 6.45) is 1.39. The van der Waals surface area contributed by atoms with E-state index < -0.39 is 18.0 Å².